The molecule has 0 atom stereocenters. The van der Waals surface area contributed by atoms with Crippen molar-refractivity contribution in [2.24, 2.45) is 5.92 Å². The summed E-state index contributed by atoms with van der Waals surface area (Å²) in [4.78, 5) is 16.6. The molecule has 1 saturated carbocycles. The van der Waals surface area contributed by atoms with Crippen LogP contribution in [0.5, 0.6) is 0 Å². The maximum Gasteiger partial charge on any atom is 0.416 e. The van der Waals surface area contributed by atoms with Crippen LogP contribution >= 0.6 is 11.6 Å². The van der Waals surface area contributed by atoms with Gasteiger partial charge in [0.05, 0.1) is 21.8 Å². The van der Waals surface area contributed by atoms with Crippen LogP contribution in [0.2, 0.25) is 5.02 Å². The summed E-state index contributed by atoms with van der Waals surface area (Å²) < 4.78 is 52.0. The zero-order chi connectivity index (χ0) is 21.9. The van der Waals surface area contributed by atoms with Gasteiger partial charge in [-0.3, -0.25) is 4.79 Å². The van der Waals surface area contributed by atoms with Crippen LogP contribution < -0.4 is 10.6 Å². The van der Waals surface area contributed by atoms with E-state index in [1.165, 1.54) is 6.07 Å². The van der Waals surface area contributed by atoms with E-state index in [0.29, 0.717) is 36.8 Å². The molecule has 0 spiro atoms. The second-order valence-electron chi connectivity index (χ2n) is 7.53. The SMILES string of the molecule is Cc1nc(NCC2CCC(NC(=O)c3cc(C(F)(F)F)ccc3Cl)CC2)ccc1F. The van der Waals surface area contributed by atoms with Crippen LogP contribution in [0.3, 0.4) is 0 Å². The van der Waals surface area contributed by atoms with Crippen molar-refractivity contribution in [2.45, 2.75) is 44.8 Å². The predicted molar refractivity (Wildman–Crippen MR) is 107 cm³/mol. The average molecular weight is 444 g/mol. The summed E-state index contributed by atoms with van der Waals surface area (Å²) in [6.07, 6.45) is -1.43. The zero-order valence-electron chi connectivity index (χ0n) is 16.3. The fourth-order valence-electron chi connectivity index (χ4n) is 3.54. The second-order valence-corrected chi connectivity index (χ2v) is 7.94. The molecule has 1 aromatic carbocycles. The Hall–Kier alpha value is -2.35. The van der Waals surface area contributed by atoms with Gasteiger partial charge < -0.3 is 10.6 Å². The van der Waals surface area contributed by atoms with Gasteiger partial charge in [-0.15, -0.1) is 0 Å². The monoisotopic (exact) mass is 443 g/mol. The molecule has 30 heavy (non-hydrogen) atoms. The number of carbonyl (C=O) groups is 1. The van der Waals surface area contributed by atoms with Gasteiger partial charge in [-0.25, -0.2) is 9.37 Å². The molecule has 3 rings (SSSR count). The van der Waals surface area contributed by atoms with Gasteiger partial charge in [0.15, 0.2) is 0 Å². The van der Waals surface area contributed by atoms with Gasteiger partial charge in [0.25, 0.3) is 5.91 Å². The highest BCUT2D eigenvalue weighted by Gasteiger charge is 2.32. The van der Waals surface area contributed by atoms with Gasteiger partial charge in [-0.2, -0.15) is 13.2 Å². The first-order valence-corrected chi connectivity index (χ1v) is 10.1. The van der Waals surface area contributed by atoms with Crippen molar-refractivity contribution in [2.75, 3.05) is 11.9 Å². The van der Waals surface area contributed by atoms with Crippen LogP contribution in [0.4, 0.5) is 23.4 Å². The number of carbonyl (C=O) groups excluding carboxylic acids is 1. The van der Waals surface area contributed by atoms with E-state index in [2.05, 4.69) is 15.6 Å². The lowest BCUT2D eigenvalue weighted by Crippen LogP contribution is -2.38. The van der Waals surface area contributed by atoms with Gasteiger partial charge in [-0.1, -0.05) is 11.6 Å². The van der Waals surface area contributed by atoms with Crippen LogP contribution in [0, 0.1) is 18.7 Å². The van der Waals surface area contributed by atoms with Crippen LogP contribution in [0.25, 0.3) is 0 Å². The maximum atomic E-state index is 13.3. The molecule has 0 radical (unpaired) electrons. The number of pyridine rings is 1. The summed E-state index contributed by atoms with van der Waals surface area (Å²) in [6, 6.07) is 5.57. The Bertz CT molecular complexity index is 912. The number of rotatable bonds is 5. The van der Waals surface area contributed by atoms with Crippen molar-refractivity contribution >= 4 is 23.3 Å². The highest BCUT2D eigenvalue weighted by atomic mass is 35.5. The lowest BCUT2D eigenvalue weighted by atomic mass is 9.86. The number of benzene rings is 1. The third-order valence-corrected chi connectivity index (χ3v) is 5.64. The van der Waals surface area contributed by atoms with Crippen LogP contribution in [0.15, 0.2) is 30.3 Å². The molecule has 4 nitrogen and oxygen atoms in total. The highest BCUT2D eigenvalue weighted by Crippen LogP contribution is 2.32. The molecule has 0 aliphatic heterocycles. The molecule has 2 aromatic rings. The maximum absolute atomic E-state index is 13.3. The minimum absolute atomic E-state index is 0.0134. The predicted octanol–water partition coefficient (Wildman–Crippen LogP) is 5.60. The van der Waals surface area contributed by atoms with E-state index in [1.807, 2.05) is 0 Å². The Kier molecular flexibility index (Phi) is 6.85. The number of hydrogen-bond acceptors (Lipinski definition) is 3. The number of alkyl halides is 3. The Labute approximate surface area is 177 Å². The first-order chi connectivity index (χ1) is 14.1. The molecular weight excluding hydrogens is 422 g/mol. The van der Waals surface area contributed by atoms with E-state index in [0.717, 1.165) is 31.0 Å². The number of aromatic nitrogens is 1. The van der Waals surface area contributed by atoms with E-state index < -0.39 is 17.6 Å². The average Bonchev–Trinajstić information content (AvgIpc) is 2.69. The number of nitrogens with one attached hydrogen (secondary N) is 2. The summed E-state index contributed by atoms with van der Waals surface area (Å²) in [7, 11) is 0. The van der Waals surface area contributed by atoms with E-state index in [9.17, 15) is 22.4 Å². The fraction of sp³-hybridized carbons (Fsp3) is 0.429. The van der Waals surface area contributed by atoms with Crippen molar-refractivity contribution in [1.82, 2.24) is 10.3 Å². The number of aryl methyl sites for hydroxylation is 1. The minimum atomic E-state index is -4.54. The first-order valence-electron chi connectivity index (χ1n) is 9.68. The third-order valence-electron chi connectivity index (χ3n) is 5.31. The summed E-state index contributed by atoms with van der Waals surface area (Å²) in [5, 5.41) is 5.99. The molecule has 0 bridgehead atoms. The molecule has 1 aliphatic carbocycles. The van der Waals surface area contributed by atoms with E-state index in [4.69, 9.17) is 11.6 Å². The van der Waals surface area contributed by atoms with Gasteiger partial charge in [0.2, 0.25) is 0 Å². The Morgan fingerprint density at radius 2 is 1.87 bits per heavy atom. The Morgan fingerprint density at radius 3 is 2.50 bits per heavy atom. The quantitative estimate of drug-likeness (QED) is 0.591. The number of anilines is 1. The van der Waals surface area contributed by atoms with Crippen molar-refractivity contribution in [3.8, 4) is 0 Å². The van der Waals surface area contributed by atoms with Gasteiger partial charge >= 0.3 is 6.18 Å². The smallest absolute Gasteiger partial charge is 0.370 e. The highest BCUT2D eigenvalue weighted by molar-refractivity contribution is 6.33. The van der Waals surface area contributed by atoms with Crippen LogP contribution in [-0.2, 0) is 6.18 Å². The standard InChI is InChI=1S/C21H22ClF4N3O/c1-12-18(23)8-9-19(28-12)27-11-13-2-5-15(6-3-13)29-20(30)16-10-14(21(24,25)26)4-7-17(16)22/h4,7-10,13,15H,2-3,5-6,11H2,1H3,(H,27,28)(H,29,30). The van der Waals surface area contributed by atoms with E-state index in [1.54, 1.807) is 13.0 Å². The number of amides is 1. The van der Waals surface area contributed by atoms with Gasteiger partial charge in [-0.05, 0) is 68.9 Å². The molecule has 162 valence electrons. The minimum Gasteiger partial charge on any atom is -0.370 e. The fourth-order valence-corrected chi connectivity index (χ4v) is 3.74. The number of nitrogens with zero attached hydrogens (tertiary/aromatic N) is 1. The van der Waals surface area contributed by atoms with Crippen LogP contribution in [-0.4, -0.2) is 23.5 Å². The van der Waals surface area contributed by atoms with Crippen molar-refractivity contribution in [3.63, 3.8) is 0 Å². The molecule has 1 heterocycles. The molecule has 1 fully saturated rings. The number of hydrogen-bond donors (Lipinski definition) is 2. The molecule has 2 N–H and O–H groups in total. The Morgan fingerprint density at radius 1 is 1.17 bits per heavy atom. The zero-order valence-corrected chi connectivity index (χ0v) is 17.1. The Balaban J connectivity index is 1.51. The van der Waals surface area contributed by atoms with Crippen molar-refractivity contribution in [1.29, 1.82) is 0 Å². The summed E-state index contributed by atoms with van der Waals surface area (Å²) in [6.45, 7) is 2.28. The molecule has 0 unspecified atom stereocenters. The van der Waals surface area contributed by atoms with Crippen molar-refractivity contribution in [3.05, 3.63) is 58.0 Å². The van der Waals surface area contributed by atoms with E-state index >= 15 is 0 Å². The molecule has 9 heteroatoms. The first kappa shape index (κ1) is 22.3. The lowest BCUT2D eigenvalue weighted by Gasteiger charge is -2.29. The summed E-state index contributed by atoms with van der Waals surface area (Å²) in [5.41, 5.74) is -0.746. The lowest BCUT2D eigenvalue weighted by molar-refractivity contribution is -0.137. The second kappa shape index (κ2) is 9.20. The van der Waals surface area contributed by atoms with Gasteiger partial charge in [0, 0.05) is 12.6 Å². The topological polar surface area (TPSA) is 54.0 Å². The molecular formula is C21H22ClF4N3O. The van der Waals surface area contributed by atoms with Crippen LogP contribution in [0.1, 0.15) is 47.3 Å². The molecule has 0 saturated heterocycles. The molecule has 1 aromatic heterocycles. The third kappa shape index (κ3) is 5.62. The number of halogens is 5. The normalized spacial score (nSPS) is 19.4. The molecule has 1 aliphatic rings. The van der Waals surface area contributed by atoms with E-state index in [-0.39, 0.29) is 22.4 Å². The van der Waals surface area contributed by atoms with Crippen molar-refractivity contribution < 1.29 is 22.4 Å². The summed E-state index contributed by atoms with van der Waals surface area (Å²) in [5.74, 6) is 0.0299. The largest absolute Gasteiger partial charge is 0.416 e. The molecule has 1 amide bonds. The van der Waals surface area contributed by atoms with Gasteiger partial charge in [0.1, 0.15) is 11.6 Å². The summed E-state index contributed by atoms with van der Waals surface area (Å²) >= 11 is 5.94.